The van der Waals surface area contributed by atoms with E-state index in [1.165, 1.54) is 12.8 Å². The van der Waals surface area contributed by atoms with Gasteiger partial charge in [-0.15, -0.1) is 0 Å². The minimum absolute atomic E-state index is 0.123. The number of nitrogens with zero attached hydrogens (tertiary/aromatic N) is 1. The number of Topliss-reactive ketones (excluding diaryl/α,β-unsaturated/α-hetero) is 1. The number of methoxy groups -OCH3 is 1. The Bertz CT molecular complexity index is 479. The summed E-state index contributed by atoms with van der Waals surface area (Å²) in [5.74, 6) is 0.768. The number of hydrogen-bond acceptors (Lipinski definition) is 4. The first-order valence-electron chi connectivity index (χ1n) is 7.58. The molecule has 1 aromatic carbocycles. The van der Waals surface area contributed by atoms with E-state index in [4.69, 9.17) is 9.47 Å². The molecule has 4 nitrogen and oxygen atoms in total. The van der Waals surface area contributed by atoms with Crippen LogP contribution in [0, 0.1) is 0 Å². The van der Waals surface area contributed by atoms with E-state index in [9.17, 15) is 4.79 Å². The predicted molar refractivity (Wildman–Crippen MR) is 83.0 cm³/mol. The van der Waals surface area contributed by atoms with Crippen molar-refractivity contribution in [3.05, 3.63) is 29.8 Å². The van der Waals surface area contributed by atoms with E-state index in [1.54, 1.807) is 7.11 Å². The summed E-state index contributed by atoms with van der Waals surface area (Å²) in [5.41, 5.74) is 0.169. The lowest BCUT2D eigenvalue weighted by Gasteiger charge is -2.34. The number of rotatable bonds is 7. The SMILES string of the molecule is COCCOc1ccccc1C(=O)C(C)(C)N1CCCC1. The molecule has 0 unspecified atom stereocenters. The molecule has 1 aromatic rings. The van der Waals surface area contributed by atoms with Crippen molar-refractivity contribution >= 4 is 5.78 Å². The third-order valence-corrected chi connectivity index (χ3v) is 4.13. The summed E-state index contributed by atoms with van der Waals surface area (Å²) in [6.45, 7) is 6.96. The number of ketones is 1. The summed E-state index contributed by atoms with van der Waals surface area (Å²) >= 11 is 0. The van der Waals surface area contributed by atoms with E-state index in [2.05, 4.69) is 4.90 Å². The highest BCUT2D eigenvalue weighted by atomic mass is 16.5. The number of carbonyl (C=O) groups excluding carboxylic acids is 1. The van der Waals surface area contributed by atoms with E-state index in [-0.39, 0.29) is 5.78 Å². The Kier molecular flexibility index (Phi) is 5.37. The molecule has 0 bridgehead atoms. The Balaban J connectivity index is 2.17. The summed E-state index contributed by atoms with van der Waals surface area (Å²) in [4.78, 5) is 15.2. The molecule has 0 aliphatic carbocycles. The van der Waals surface area contributed by atoms with Crippen LogP contribution >= 0.6 is 0 Å². The molecule has 0 spiro atoms. The van der Waals surface area contributed by atoms with Crippen molar-refractivity contribution < 1.29 is 14.3 Å². The van der Waals surface area contributed by atoms with E-state index >= 15 is 0 Å². The Hall–Kier alpha value is -1.39. The summed E-state index contributed by atoms with van der Waals surface area (Å²) in [6.07, 6.45) is 2.34. The first kappa shape index (κ1) is 16.0. The van der Waals surface area contributed by atoms with Gasteiger partial charge in [0, 0.05) is 7.11 Å². The van der Waals surface area contributed by atoms with Gasteiger partial charge in [0.15, 0.2) is 5.78 Å². The zero-order valence-corrected chi connectivity index (χ0v) is 13.2. The lowest BCUT2D eigenvalue weighted by Crippen LogP contribution is -2.48. The van der Waals surface area contributed by atoms with Gasteiger partial charge in [-0.2, -0.15) is 0 Å². The van der Waals surface area contributed by atoms with Gasteiger partial charge in [0.1, 0.15) is 12.4 Å². The molecule has 1 aliphatic heterocycles. The van der Waals surface area contributed by atoms with Gasteiger partial charge < -0.3 is 9.47 Å². The van der Waals surface area contributed by atoms with Gasteiger partial charge in [0.25, 0.3) is 0 Å². The van der Waals surface area contributed by atoms with Crippen molar-refractivity contribution in [3.63, 3.8) is 0 Å². The molecule has 0 saturated carbocycles. The molecular formula is C17H25NO3. The Morgan fingerprint density at radius 2 is 1.86 bits per heavy atom. The summed E-state index contributed by atoms with van der Waals surface area (Å²) in [6, 6.07) is 7.48. The van der Waals surface area contributed by atoms with Gasteiger partial charge in [-0.1, -0.05) is 12.1 Å². The minimum atomic E-state index is -0.489. The second kappa shape index (κ2) is 7.05. The van der Waals surface area contributed by atoms with Crippen LogP contribution in [0.2, 0.25) is 0 Å². The lowest BCUT2D eigenvalue weighted by molar-refractivity contribution is 0.0696. The molecule has 1 heterocycles. The number of benzene rings is 1. The smallest absolute Gasteiger partial charge is 0.186 e. The van der Waals surface area contributed by atoms with E-state index in [1.807, 2.05) is 38.1 Å². The van der Waals surface area contributed by atoms with Gasteiger partial charge in [0.05, 0.1) is 17.7 Å². The monoisotopic (exact) mass is 291 g/mol. The average Bonchev–Trinajstić information content (AvgIpc) is 3.02. The average molecular weight is 291 g/mol. The first-order chi connectivity index (χ1) is 10.1. The molecule has 2 rings (SSSR count). The lowest BCUT2D eigenvalue weighted by atomic mass is 9.91. The van der Waals surface area contributed by atoms with Crippen molar-refractivity contribution in [2.24, 2.45) is 0 Å². The van der Waals surface area contributed by atoms with Crippen LogP contribution in [0.1, 0.15) is 37.0 Å². The largest absolute Gasteiger partial charge is 0.490 e. The number of hydrogen-bond donors (Lipinski definition) is 0. The second-order valence-electron chi connectivity index (χ2n) is 5.92. The Morgan fingerprint density at radius 1 is 1.19 bits per heavy atom. The standard InChI is InChI=1S/C17H25NO3/c1-17(2,18-10-6-7-11-18)16(19)14-8-4-5-9-15(14)21-13-12-20-3/h4-5,8-9H,6-7,10-13H2,1-3H3. The van der Waals surface area contributed by atoms with Crippen molar-refractivity contribution in [2.75, 3.05) is 33.4 Å². The third-order valence-electron chi connectivity index (χ3n) is 4.13. The fraction of sp³-hybridized carbons (Fsp3) is 0.588. The molecule has 21 heavy (non-hydrogen) atoms. The zero-order chi connectivity index (χ0) is 15.3. The minimum Gasteiger partial charge on any atom is -0.490 e. The normalized spacial score (nSPS) is 16.1. The van der Waals surface area contributed by atoms with Crippen LogP contribution in [0.5, 0.6) is 5.75 Å². The van der Waals surface area contributed by atoms with Crippen LogP contribution in [-0.4, -0.2) is 49.6 Å². The van der Waals surface area contributed by atoms with Crippen LogP contribution in [0.3, 0.4) is 0 Å². The van der Waals surface area contributed by atoms with Crippen LogP contribution in [0.15, 0.2) is 24.3 Å². The number of carbonyl (C=O) groups is 1. The highest BCUT2D eigenvalue weighted by molar-refractivity contribution is 6.04. The molecule has 0 amide bonds. The molecule has 0 aromatic heterocycles. The van der Waals surface area contributed by atoms with Gasteiger partial charge in [-0.05, 0) is 51.9 Å². The Morgan fingerprint density at radius 3 is 2.52 bits per heavy atom. The molecule has 0 radical (unpaired) electrons. The van der Waals surface area contributed by atoms with Crippen LogP contribution in [0.25, 0.3) is 0 Å². The quantitative estimate of drug-likeness (QED) is 0.572. The van der Waals surface area contributed by atoms with E-state index < -0.39 is 5.54 Å². The molecular weight excluding hydrogens is 266 g/mol. The van der Waals surface area contributed by atoms with E-state index in [0.717, 1.165) is 13.1 Å². The maximum Gasteiger partial charge on any atom is 0.186 e. The number of para-hydroxylation sites is 1. The maximum absolute atomic E-state index is 13.0. The molecule has 116 valence electrons. The fourth-order valence-corrected chi connectivity index (χ4v) is 2.76. The summed E-state index contributed by atoms with van der Waals surface area (Å²) < 4.78 is 10.7. The molecule has 4 heteroatoms. The molecule has 1 fully saturated rings. The molecule has 0 N–H and O–H groups in total. The van der Waals surface area contributed by atoms with Crippen LogP contribution < -0.4 is 4.74 Å². The first-order valence-corrected chi connectivity index (χ1v) is 7.58. The summed E-state index contributed by atoms with van der Waals surface area (Å²) in [5, 5.41) is 0. The highest BCUT2D eigenvalue weighted by Gasteiger charge is 2.37. The number of ether oxygens (including phenoxy) is 2. The van der Waals surface area contributed by atoms with Crippen LogP contribution in [-0.2, 0) is 4.74 Å². The third kappa shape index (κ3) is 3.63. The van der Waals surface area contributed by atoms with Crippen molar-refractivity contribution in [3.8, 4) is 5.75 Å². The van der Waals surface area contributed by atoms with Gasteiger partial charge in [-0.3, -0.25) is 9.69 Å². The van der Waals surface area contributed by atoms with Crippen molar-refractivity contribution in [2.45, 2.75) is 32.2 Å². The van der Waals surface area contributed by atoms with Gasteiger partial charge in [-0.25, -0.2) is 0 Å². The maximum atomic E-state index is 13.0. The van der Waals surface area contributed by atoms with E-state index in [0.29, 0.717) is 24.5 Å². The molecule has 1 saturated heterocycles. The topological polar surface area (TPSA) is 38.8 Å². The number of likely N-dealkylation sites (tertiary alicyclic amines) is 1. The second-order valence-corrected chi connectivity index (χ2v) is 5.92. The fourth-order valence-electron chi connectivity index (χ4n) is 2.76. The predicted octanol–water partition coefficient (Wildman–Crippen LogP) is 2.77. The Labute approximate surface area is 127 Å². The van der Waals surface area contributed by atoms with Gasteiger partial charge in [0.2, 0.25) is 0 Å². The van der Waals surface area contributed by atoms with Crippen molar-refractivity contribution in [1.82, 2.24) is 4.90 Å². The zero-order valence-electron chi connectivity index (χ0n) is 13.2. The van der Waals surface area contributed by atoms with Gasteiger partial charge >= 0.3 is 0 Å². The molecule has 0 atom stereocenters. The summed E-state index contributed by atoms with van der Waals surface area (Å²) in [7, 11) is 1.64. The van der Waals surface area contributed by atoms with Crippen LogP contribution in [0.4, 0.5) is 0 Å². The highest BCUT2D eigenvalue weighted by Crippen LogP contribution is 2.29. The van der Waals surface area contributed by atoms with Crippen molar-refractivity contribution in [1.29, 1.82) is 0 Å². The molecule has 1 aliphatic rings.